The summed E-state index contributed by atoms with van der Waals surface area (Å²) in [6.45, 7) is 5.78. The van der Waals surface area contributed by atoms with Crippen molar-refractivity contribution in [1.82, 2.24) is 10.6 Å². The molecule has 0 saturated carbocycles. The fraction of sp³-hybridized carbons (Fsp3) is 0.500. The van der Waals surface area contributed by atoms with Crippen LogP contribution >= 0.6 is 12.4 Å². The number of methoxy groups -OCH3 is 1. The van der Waals surface area contributed by atoms with Gasteiger partial charge >= 0.3 is 0 Å². The van der Waals surface area contributed by atoms with Crippen molar-refractivity contribution in [3.8, 4) is 5.75 Å². The van der Waals surface area contributed by atoms with Crippen molar-refractivity contribution in [1.29, 1.82) is 0 Å². The van der Waals surface area contributed by atoms with E-state index in [9.17, 15) is 14.7 Å². The number of unbranched alkanes of at least 4 members (excludes halogenated alkanes) is 1. The van der Waals surface area contributed by atoms with Crippen molar-refractivity contribution in [2.75, 3.05) is 33.4 Å². The van der Waals surface area contributed by atoms with E-state index in [1.54, 1.807) is 43.5 Å². The van der Waals surface area contributed by atoms with Crippen LogP contribution in [0.15, 0.2) is 54.6 Å². The average Bonchev–Trinajstić information content (AvgIpc) is 2.89. The molecular weight excluding hydrogens is 494 g/mol. The molecule has 8 nitrogen and oxygen atoms in total. The number of para-hydroxylation sites is 1. The SMILES string of the molecule is COCCCCOc1ccccc1C(=O)NC[C@@H](C[C@H](N)[C@@H](O)CNC(=O)c1ccccc1)C(C)C.Cl. The quantitative estimate of drug-likeness (QED) is 0.244. The normalized spacial score (nSPS) is 13.2. The molecule has 9 heteroatoms. The molecule has 3 atom stereocenters. The number of carbonyl (C=O) groups is 2. The number of nitrogens with two attached hydrogens (primary N) is 1. The van der Waals surface area contributed by atoms with Gasteiger partial charge in [-0.1, -0.05) is 44.2 Å². The summed E-state index contributed by atoms with van der Waals surface area (Å²) in [4.78, 5) is 25.1. The highest BCUT2D eigenvalue weighted by Crippen LogP contribution is 2.20. The zero-order chi connectivity index (χ0) is 26.3. The molecule has 37 heavy (non-hydrogen) atoms. The third-order valence-electron chi connectivity index (χ3n) is 6.18. The summed E-state index contributed by atoms with van der Waals surface area (Å²) >= 11 is 0. The summed E-state index contributed by atoms with van der Waals surface area (Å²) in [5, 5.41) is 16.3. The Labute approximate surface area is 226 Å². The first kappa shape index (κ1) is 32.4. The summed E-state index contributed by atoms with van der Waals surface area (Å²) in [6.07, 6.45) is 1.33. The van der Waals surface area contributed by atoms with Crippen molar-refractivity contribution in [2.24, 2.45) is 17.6 Å². The fourth-order valence-electron chi connectivity index (χ4n) is 3.77. The smallest absolute Gasteiger partial charge is 0.255 e. The predicted molar refractivity (Wildman–Crippen MR) is 148 cm³/mol. The van der Waals surface area contributed by atoms with Crippen LogP contribution in [-0.2, 0) is 4.74 Å². The molecule has 2 rings (SSSR count). The van der Waals surface area contributed by atoms with Crippen molar-refractivity contribution in [3.05, 3.63) is 65.7 Å². The Hall–Kier alpha value is -2.65. The van der Waals surface area contributed by atoms with Gasteiger partial charge in [-0.3, -0.25) is 9.59 Å². The number of carbonyl (C=O) groups excluding carboxylic acids is 2. The van der Waals surface area contributed by atoms with E-state index in [4.69, 9.17) is 15.2 Å². The Morgan fingerprint density at radius 2 is 1.54 bits per heavy atom. The van der Waals surface area contributed by atoms with Crippen LogP contribution in [0.5, 0.6) is 5.75 Å². The second kappa shape index (κ2) is 17.7. The maximum atomic E-state index is 12.9. The van der Waals surface area contributed by atoms with Gasteiger partial charge in [0.05, 0.1) is 18.3 Å². The molecular formula is C28H42ClN3O5. The lowest BCUT2D eigenvalue weighted by molar-refractivity contribution is 0.0865. The van der Waals surface area contributed by atoms with Gasteiger partial charge in [-0.05, 0) is 55.4 Å². The van der Waals surface area contributed by atoms with Crippen molar-refractivity contribution >= 4 is 24.2 Å². The van der Waals surface area contributed by atoms with E-state index < -0.39 is 12.1 Å². The molecule has 0 aliphatic carbocycles. The summed E-state index contributed by atoms with van der Waals surface area (Å²) in [7, 11) is 1.67. The Morgan fingerprint density at radius 3 is 2.22 bits per heavy atom. The Morgan fingerprint density at radius 1 is 0.919 bits per heavy atom. The number of hydrogen-bond donors (Lipinski definition) is 4. The summed E-state index contributed by atoms with van der Waals surface area (Å²) < 4.78 is 10.9. The third-order valence-corrected chi connectivity index (χ3v) is 6.18. The average molecular weight is 536 g/mol. The van der Waals surface area contributed by atoms with Gasteiger partial charge < -0.3 is 30.9 Å². The highest BCUT2D eigenvalue weighted by Gasteiger charge is 2.24. The number of ether oxygens (including phenoxy) is 2. The molecule has 0 aromatic heterocycles. The number of amides is 2. The molecule has 2 aromatic carbocycles. The summed E-state index contributed by atoms with van der Waals surface area (Å²) in [6, 6.07) is 15.5. The second-order valence-corrected chi connectivity index (χ2v) is 9.30. The third kappa shape index (κ3) is 11.5. The van der Waals surface area contributed by atoms with E-state index >= 15 is 0 Å². The lowest BCUT2D eigenvalue weighted by Crippen LogP contribution is -2.46. The second-order valence-electron chi connectivity index (χ2n) is 9.30. The standard InChI is InChI=1S/C28H41N3O5.ClH/c1-20(2)22(17-24(29)25(32)19-31-27(33)21-11-5-4-6-12-21)18-30-28(34)23-13-7-8-14-26(23)36-16-10-9-15-35-3;/h4-8,11-14,20,22,24-25,32H,9-10,15-19,29H2,1-3H3,(H,30,34)(H,31,33);1H/t22-,24+,25+;/m1./s1. The number of aliphatic hydroxyl groups excluding tert-OH is 1. The van der Waals surface area contributed by atoms with Crippen LogP contribution < -0.4 is 21.1 Å². The number of aliphatic hydroxyl groups is 1. The molecule has 0 fully saturated rings. The zero-order valence-electron chi connectivity index (χ0n) is 22.0. The largest absolute Gasteiger partial charge is 0.493 e. The van der Waals surface area contributed by atoms with Gasteiger partial charge in [-0.15, -0.1) is 12.4 Å². The fourth-order valence-corrected chi connectivity index (χ4v) is 3.77. The number of hydrogen-bond acceptors (Lipinski definition) is 6. The number of benzene rings is 2. The van der Waals surface area contributed by atoms with Crippen LogP contribution in [0.3, 0.4) is 0 Å². The molecule has 0 bridgehead atoms. The monoisotopic (exact) mass is 535 g/mol. The van der Waals surface area contributed by atoms with Crippen molar-refractivity contribution < 1.29 is 24.2 Å². The number of nitrogens with one attached hydrogen (secondary N) is 2. The molecule has 0 heterocycles. The van der Waals surface area contributed by atoms with Gasteiger partial charge in [0.1, 0.15) is 5.75 Å². The van der Waals surface area contributed by atoms with Crippen molar-refractivity contribution in [3.63, 3.8) is 0 Å². The minimum absolute atomic E-state index is 0. The van der Waals surface area contributed by atoms with E-state index in [1.165, 1.54) is 0 Å². The topological polar surface area (TPSA) is 123 Å². The van der Waals surface area contributed by atoms with Gasteiger partial charge in [0.15, 0.2) is 0 Å². The van der Waals surface area contributed by atoms with Gasteiger partial charge in [0.25, 0.3) is 11.8 Å². The Balaban J connectivity index is 0.00000684. The number of rotatable bonds is 16. The van der Waals surface area contributed by atoms with E-state index in [-0.39, 0.29) is 42.6 Å². The zero-order valence-corrected chi connectivity index (χ0v) is 22.8. The molecule has 5 N–H and O–H groups in total. The minimum Gasteiger partial charge on any atom is -0.493 e. The maximum absolute atomic E-state index is 12.9. The van der Waals surface area contributed by atoms with Crippen LogP contribution in [0.1, 0.15) is 53.8 Å². The maximum Gasteiger partial charge on any atom is 0.255 e. The van der Waals surface area contributed by atoms with Crippen LogP contribution in [0.25, 0.3) is 0 Å². The van der Waals surface area contributed by atoms with Gasteiger partial charge in [-0.2, -0.15) is 0 Å². The van der Waals surface area contributed by atoms with Gasteiger partial charge in [-0.25, -0.2) is 0 Å². The molecule has 0 saturated heterocycles. The highest BCUT2D eigenvalue weighted by atomic mass is 35.5. The van der Waals surface area contributed by atoms with Crippen LogP contribution in [0.2, 0.25) is 0 Å². The molecule has 0 unspecified atom stereocenters. The number of halogens is 1. The van der Waals surface area contributed by atoms with E-state index in [0.29, 0.717) is 43.1 Å². The van der Waals surface area contributed by atoms with E-state index in [1.807, 2.05) is 18.2 Å². The molecule has 2 amide bonds. The molecule has 0 aliphatic heterocycles. The lowest BCUT2D eigenvalue weighted by atomic mass is 9.87. The Bertz CT molecular complexity index is 929. The molecule has 0 radical (unpaired) electrons. The molecule has 206 valence electrons. The predicted octanol–water partition coefficient (Wildman–Crippen LogP) is 3.42. The highest BCUT2D eigenvalue weighted by molar-refractivity contribution is 5.97. The van der Waals surface area contributed by atoms with Crippen molar-refractivity contribution in [2.45, 2.75) is 45.3 Å². The van der Waals surface area contributed by atoms with Gasteiger partial charge in [0, 0.05) is 38.4 Å². The Kier molecular flexibility index (Phi) is 15.5. The van der Waals surface area contributed by atoms with Crippen LogP contribution in [0.4, 0.5) is 0 Å². The lowest BCUT2D eigenvalue weighted by Gasteiger charge is -2.27. The van der Waals surface area contributed by atoms with Gasteiger partial charge in [0.2, 0.25) is 0 Å². The summed E-state index contributed by atoms with van der Waals surface area (Å²) in [5.41, 5.74) is 7.28. The van der Waals surface area contributed by atoms with Crippen LogP contribution in [0, 0.1) is 11.8 Å². The summed E-state index contributed by atoms with van der Waals surface area (Å²) in [5.74, 6) is 0.363. The molecule has 0 spiro atoms. The first-order chi connectivity index (χ1) is 17.3. The van der Waals surface area contributed by atoms with E-state index in [2.05, 4.69) is 24.5 Å². The molecule has 0 aliphatic rings. The minimum atomic E-state index is -0.901. The van der Waals surface area contributed by atoms with E-state index in [0.717, 1.165) is 12.8 Å². The first-order valence-electron chi connectivity index (χ1n) is 12.6. The molecule has 2 aromatic rings. The van der Waals surface area contributed by atoms with Crippen LogP contribution in [-0.4, -0.2) is 62.5 Å². The first-order valence-corrected chi connectivity index (χ1v) is 12.6.